The zero-order valence-electron chi connectivity index (χ0n) is 27.6. The highest BCUT2D eigenvalue weighted by Crippen LogP contribution is 2.43. The quantitative estimate of drug-likeness (QED) is 0.186. The number of rotatable bonds is 4. The van der Waals surface area contributed by atoms with Crippen LogP contribution in [0, 0.1) is 0 Å². The number of fused-ring (bicyclic) bond motifs is 9. The minimum absolute atomic E-state index is 0.580. The Kier molecular flexibility index (Phi) is 6.15. The number of aromatic nitrogens is 4. The molecule has 0 fully saturated rings. The molecule has 0 N–H and O–H groups in total. The summed E-state index contributed by atoms with van der Waals surface area (Å²) in [5.74, 6) is 1.76. The van der Waals surface area contributed by atoms with Crippen molar-refractivity contribution in [3.05, 3.63) is 158 Å². The molecule has 0 radical (unpaired) electrons. The van der Waals surface area contributed by atoms with Crippen LogP contribution in [-0.4, -0.2) is 19.9 Å². The van der Waals surface area contributed by atoms with Gasteiger partial charge < -0.3 is 8.83 Å². The molecule has 11 rings (SSSR count). The van der Waals surface area contributed by atoms with E-state index in [1.54, 1.807) is 0 Å². The number of pyridine rings is 1. The fraction of sp³-hybridized carbons (Fsp3) is 0. The van der Waals surface area contributed by atoms with Crippen LogP contribution in [-0.2, 0) is 0 Å². The van der Waals surface area contributed by atoms with Crippen LogP contribution < -0.4 is 0 Å². The molecule has 242 valence electrons. The Bertz CT molecular complexity index is 3200. The Labute approximate surface area is 296 Å². The van der Waals surface area contributed by atoms with E-state index in [4.69, 9.17) is 28.8 Å². The molecule has 52 heavy (non-hydrogen) atoms. The third kappa shape index (κ3) is 4.31. The molecule has 11 aromatic rings. The molecule has 0 atom stereocenters. The minimum atomic E-state index is 0.580. The second kappa shape index (κ2) is 11.2. The Morgan fingerprint density at radius 2 is 0.885 bits per heavy atom. The van der Waals surface area contributed by atoms with Crippen LogP contribution in [0.5, 0.6) is 0 Å². The summed E-state index contributed by atoms with van der Waals surface area (Å²) in [6.07, 6.45) is 0. The first kappa shape index (κ1) is 28.6. The summed E-state index contributed by atoms with van der Waals surface area (Å²) < 4.78 is 12.8. The Morgan fingerprint density at radius 3 is 1.67 bits per heavy atom. The Hall–Kier alpha value is -7.18. The van der Waals surface area contributed by atoms with Gasteiger partial charge in [0, 0.05) is 43.8 Å². The van der Waals surface area contributed by atoms with Gasteiger partial charge in [-0.05, 0) is 47.2 Å². The van der Waals surface area contributed by atoms with Crippen LogP contribution in [0.1, 0.15) is 0 Å². The summed E-state index contributed by atoms with van der Waals surface area (Å²) in [6.45, 7) is 0. The third-order valence-electron chi connectivity index (χ3n) is 9.94. The third-order valence-corrected chi connectivity index (χ3v) is 9.94. The van der Waals surface area contributed by atoms with Crippen molar-refractivity contribution >= 4 is 65.6 Å². The molecule has 6 heteroatoms. The zero-order valence-corrected chi connectivity index (χ0v) is 27.6. The lowest BCUT2D eigenvalue weighted by molar-refractivity contribution is 0.669. The molecule has 4 aromatic heterocycles. The molecular formula is C46H26N4O2. The van der Waals surface area contributed by atoms with Crippen molar-refractivity contribution in [2.24, 2.45) is 0 Å². The van der Waals surface area contributed by atoms with E-state index in [0.717, 1.165) is 93.5 Å². The molecule has 0 amide bonds. The van der Waals surface area contributed by atoms with Crippen molar-refractivity contribution in [1.82, 2.24) is 19.9 Å². The number of hydrogen-bond acceptors (Lipinski definition) is 6. The summed E-state index contributed by atoms with van der Waals surface area (Å²) in [7, 11) is 0. The van der Waals surface area contributed by atoms with Crippen LogP contribution in [0.15, 0.2) is 167 Å². The number of para-hydroxylation sites is 3. The summed E-state index contributed by atoms with van der Waals surface area (Å²) in [6, 6.07) is 53.2. The molecule has 0 saturated carbocycles. The van der Waals surface area contributed by atoms with E-state index in [1.807, 2.05) is 97.1 Å². The lowest BCUT2D eigenvalue weighted by atomic mass is 9.94. The lowest BCUT2D eigenvalue weighted by Crippen LogP contribution is -2.01. The molecule has 0 bridgehead atoms. The highest BCUT2D eigenvalue weighted by atomic mass is 16.3. The maximum absolute atomic E-state index is 6.52. The van der Waals surface area contributed by atoms with Gasteiger partial charge in [-0.2, -0.15) is 0 Å². The van der Waals surface area contributed by atoms with Gasteiger partial charge in [-0.15, -0.1) is 0 Å². The van der Waals surface area contributed by atoms with Crippen LogP contribution in [0.3, 0.4) is 0 Å². The first-order valence-corrected chi connectivity index (χ1v) is 17.2. The normalized spacial score (nSPS) is 11.8. The Balaban J connectivity index is 1.18. The second-order valence-corrected chi connectivity index (χ2v) is 12.9. The average molecular weight is 667 g/mol. The monoisotopic (exact) mass is 666 g/mol. The fourth-order valence-corrected chi connectivity index (χ4v) is 7.60. The van der Waals surface area contributed by atoms with Gasteiger partial charge in [-0.3, -0.25) is 0 Å². The van der Waals surface area contributed by atoms with E-state index >= 15 is 0 Å². The average Bonchev–Trinajstić information content (AvgIpc) is 3.80. The van der Waals surface area contributed by atoms with Crippen molar-refractivity contribution in [2.45, 2.75) is 0 Å². The van der Waals surface area contributed by atoms with Crippen LogP contribution in [0.2, 0.25) is 0 Å². The predicted octanol–water partition coefficient (Wildman–Crippen LogP) is 12.0. The van der Waals surface area contributed by atoms with E-state index < -0.39 is 0 Å². The molecular weight excluding hydrogens is 641 g/mol. The predicted molar refractivity (Wildman–Crippen MR) is 209 cm³/mol. The van der Waals surface area contributed by atoms with Crippen molar-refractivity contribution in [1.29, 1.82) is 0 Å². The van der Waals surface area contributed by atoms with Gasteiger partial charge in [-0.1, -0.05) is 121 Å². The topological polar surface area (TPSA) is 77.8 Å². The summed E-state index contributed by atoms with van der Waals surface area (Å²) >= 11 is 0. The molecule has 0 aliphatic rings. The van der Waals surface area contributed by atoms with Gasteiger partial charge in [0.1, 0.15) is 22.3 Å². The SMILES string of the molecule is c1ccc(-c2nc(-c3ccc(-c4nc5ccccc5c5oc6ccccc6c45)c4ccccc34)nc(-c3cccc4oc5ccccc5c34)n2)cc1. The number of furan rings is 2. The first-order chi connectivity index (χ1) is 25.8. The van der Waals surface area contributed by atoms with Gasteiger partial charge >= 0.3 is 0 Å². The van der Waals surface area contributed by atoms with Gasteiger partial charge in [0.05, 0.1) is 16.6 Å². The summed E-state index contributed by atoms with van der Waals surface area (Å²) in [4.78, 5) is 20.7. The zero-order chi connectivity index (χ0) is 34.2. The van der Waals surface area contributed by atoms with E-state index in [1.165, 1.54) is 0 Å². The molecule has 7 aromatic carbocycles. The van der Waals surface area contributed by atoms with Crippen molar-refractivity contribution < 1.29 is 8.83 Å². The summed E-state index contributed by atoms with van der Waals surface area (Å²) in [5.41, 5.74) is 8.76. The maximum atomic E-state index is 6.52. The highest BCUT2D eigenvalue weighted by molar-refractivity contribution is 6.21. The molecule has 4 heterocycles. The highest BCUT2D eigenvalue weighted by Gasteiger charge is 2.22. The largest absolute Gasteiger partial charge is 0.456 e. The van der Waals surface area contributed by atoms with Crippen molar-refractivity contribution in [2.75, 3.05) is 0 Å². The van der Waals surface area contributed by atoms with Crippen LogP contribution in [0.4, 0.5) is 0 Å². The molecule has 0 aliphatic carbocycles. The first-order valence-electron chi connectivity index (χ1n) is 17.2. The van der Waals surface area contributed by atoms with Gasteiger partial charge in [0.15, 0.2) is 17.5 Å². The van der Waals surface area contributed by atoms with Crippen molar-refractivity contribution in [3.63, 3.8) is 0 Å². The smallest absolute Gasteiger partial charge is 0.164 e. The molecule has 0 unspecified atom stereocenters. The van der Waals surface area contributed by atoms with E-state index in [-0.39, 0.29) is 0 Å². The number of hydrogen-bond donors (Lipinski definition) is 0. The number of nitrogens with zero attached hydrogens (tertiary/aromatic N) is 4. The number of benzene rings is 7. The second-order valence-electron chi connectivity index (χ2n) is 12.9. The van der Waals surface area contributed by atoms with E-state index in [0.29, 0.717) is 17.5 Å². The van der Waals surface area contributed by atoms with E-state index in [2.05, 4.69) is 60.7 Å². The van der Waals surface area contributed by atoms with Crippen LogP contribution >= 0.6 is 0 Å². The van der Waals surface area contributed by atoms with Gasteiger partial charge in [0.2, 0.25) is 0 Å². The van der Waals surface area contributed by atoms with Gasteiger partial charge in [0.25, 0.3) is 0 Å². The standard InChI is InChI=1S/C46H26N4O2/c1-2-13-27(14-3-1)44-48-45(50-46(49-44)35-20-12-24-39-40(35)33-18-7-10-22-37(33)51-39)31-26-25-30(28-15-4-5-16-29(28)31)42-41-34-19-8-11-23-38(34)52-43(41)32-17-6-9-21-36(32)47-42/h1-26H. The van der Waals surface area contributed by atoms with E-state index in [9.17, 15) is 0 Å². The maximum Gasteiger partial charge on any atom is 0.164 e. The lowest BCUT2D eigenvalue weighted by Gasteiger charge is -2.14. The summed E-state index contributed by atoms with van der Waals surface area (Å²) in [5, 5.41) is 7.08. The molecule has 0 aliphatic heterocycles. The molecule has 0 spiro atoms. The van der Waals surface area contributed by atoms with Gasteiger partial charge in [-0.25, -0.2) is 19.9 Å². The van der Waals surface area contributed by atoms with Crippen molar-refractivity contribution in [3.8, 4) is 45.4 Å². The van der Waals surface area contributed by atoms with Crippen LogP contribution in [0.25, 0.3) is 111 Å². The Morgan fingerprint density at radius 1 is 0.327 bits per heavy atom. The molecule has 6 nitrogen and oxygen atoms in total. The minimum Gasteiger partial charge on any atom is -0.456 e. The molecule has 0 saturated heterocycles. The fourth-order valence-electron chi connectivity index (χ4n) is 7.60.